The second-order valence-electron chi connectivity index (χ2n) is 5.95. The van der Waals surface area contributed by atoms with Gasteiger partial charge in [0.05, 0.1) is 0 Å². The van der Waals surface area contributed by atoms with Gasteiger partial charge in [-0.2, -0.15) is 4.98 Å². The Balaban J connectivity index is 1.71. The number of aryl methyl sites for hydroxylation is 1. The van der Waals surface area contributed by atoms with Crippen LogP contribution in [0.15, 0.2) is 65.6 Å². The van der Waals surface area contributed by atoms with Crippen molar-refractivity contribution in [3.63, 3.8) is 0 Å². The van der Waals surface area contributed by atoms with Crippen molar-refractivity contribution in [2.24, 2.45) is 0 Å². The summed E-state index contributed by atoms with van der Waals surface area (Å²) in [6.45, 7) is 4.14. The van der Waals surface area contributed by atoms with Crippen LogP contribution in [-0.2, 0) is 0 Å². The molecule has 0 saturated carbocycles. The molecule has 0 atom stereocenters. The van der Waals surface area contributed by atoms with E-state index in [-0.39, 0.29) is 0 Å². The van der Waals surface area contributed by atoms with Crippen LogP contribution in [-0.4, -0.2) is 20.1 Å². The van der Waals surface area contributed by atoms with Gasteiger partial charge in [-0.25, -0.2) is 9.97 Å². The maximum absolute atomic E-state index is 5.46. The van der Waals surface area contributed by atoms with Crippen molar-refractivity contribution >= 4 is 11.5 Å². The Morgan fingerprint density at radius 1 is 0.962 bits per heavy atom. The summed E-state index contributed by atoms with van der Waals surface area (Å²) in [6.07, 6.45) is 3.16. The number of hydrogen-bond donors (Lipinski definition) is 1. The normalized spacial score (nSPS) is 10.7. The molecule has 0 fully saturated rings. The van der Waals surface area contributed by atoms with Gasteiger partial charge in [-0.3, -0.25) is 0 Å². The first-order valence-corrected chi connectivity index (χ1v) is 8.25. The topological polar surface area (TPSA) is 76.7 Å². The van der Waals surface area contributed by atoms with Crippen molar-refractivity contribution in [2.75, 3.05) is 5.32 Å². The number of aromatic nitrogens is 4. The molecule has 0 spiro atoms. The molecule has 0 aliphatic rings. The van der Waals surface area contributed by atoms with Crippen molar-refractivity contribution in [1.82, 2.24) is 20.1 Å². The van der Waals surface area contributed by atoms with E-state index in [1.54, 1.807) is 6.20 Å². The average Bonchev–Trinajstić information content (AvgIpc) is 3.17. The molecule has 128 valence electrons. The molecule has 1 N–H and O–H groups in total. The van der Waals surface area contributed by atoms with Crippen molar-refractivity contribution in [3.05, 3.63) is 72.2 Å². The maximum atomic E-state index is 5.46. The third-order valence-corrected chi connectivity index (χ3v) is 4.26. The lowest BCUT2D eigenvalue weighted by atomic mass is 10.1. The van der Waals surface area contributed by atoms with Crippen LogP contribution in [0.5, 0.6) is 0 Å². The fraction of sp³-hybridized carbons (Fsp3) is 0.100. The molecule has 2 heterocycles. The van der Waals surface area contributed by atoms with E-state index < -0.39 is 0 Å². The molecule has 26 heavy (non-hydrogen) atoms. The second-order valence-corrected chi connectivity index (χ2v) is 5.95. The zero-order chi connectivity index (χ0) is 17.9. The van der Waals surface area contributed by atoms with E-state index in [4.69, 9.17) is 4.52 Å². The fourth-order valence-electron chi connectivity index (χ4n) is 2.64. The minimum atomic E-state index is 0.372. The minimum Gasteiger partial charge on any atom is -0.339 e. The van der Waals surface area contributed by atoms with Gasteiger partial charge in [0.2, 0.25) is 5.82 Å². The number of hydrogen-bond acceptors (Lipinski definition) is 6. The van der Waals surface area contributed by atoms with Gasteiger partial charge in [-0.05, 0) is 31.0 Å². The van der Waals surface area contributed by atoms with Crippen LogP contribution < -0.4 is 5.32 Å². The standard InChI is InChI=1S/C20H17N5O/c1-13-7-6-10-17(14(13)2)23-19-16(11-21-12-22-19)20-24-18(25-26-20)15-8-4-3-5-9-15/h3-12H,1-2H3,(H,21,22,23). The average molecular weight is 343 g/mol. The van der Waals surface area contributed by atoms with Crippen molar-refractivity contribution in [1.29, 1.82) is 0 Å². The summed E-state index contributed by atoms with van der Waals surface area (Å²) in [5.41, 5.74) is 4.89. The SMILES string of the molecule is Cc1cccc(Nc2ncncc2-c2nc(-c3ccccc3)no2)c1C. The summed E-state index contributed by atoms with van der Waals surface area (Å²) in [4.78, 5) is 13.0. The predicted octanol–water partition coefficient (Wildman–Crippen LogP) is 4.55. The highest BCUT2D eigenvalue weighted by atomic mass is 16.5. The van der Waals surface area contributed by atoms with Crippen LogP contribution in [0.4, 0.5) is 11.5 Å². The molecule has 4 rings (SSSR count). The Morgan fingerprint density at radius 3 is 2.65 bits per heavy atom. The molecule has 0 aliphatic heterocycles. The monoisotopic (exact) mass is 343 g/mol. The number of benzene rings is 2. The first-order chi connectivity index (χ1) is 12.7. The van der Waals surface area contributed by atoms with Crippen LogP contribution in [0.3, 0.4) is 0 Å². The smallest absolute Gasteiger partial charge is 0.263 e. The van der Waals surface area contributed by atoms with Gasteiger partial charge in [0.25, 0.3) is 5.89 Å². The number of nitrogens with zero attached hydrogens (tertiary/aromatic N) is 4. The third kappa shape index (κ3) is 3.04. The summed E-state index contributed by atoms with van der Waals surface area (Å²) in [6, 6.07) is 15.8. The van der Waals surface area contributed by atoms with Crippen molar-refractivity contribution in [2.45, 2.75) is 13.8 Å². The van der Waals surface area contributed by atoms with E-state index in [0.717, 1.165) is 16.8 Å². The van der Waals surface area contributed by atoms with E-state index in [0.29, 0.717) is 23.1 Å². The van der Waals surface area contributed by atoms with Gasteiger partial charge in [0.1, 0.15) is 17.7 Å². The fourth-order valence-corrected chi connectivity index (χ4v) is 2.64. The van der Waals surface area contributed by atoms with E-state index >= 15 is 0 Å². The lowest BCUT2D eigenvalue weighted by Gasteiger charge is -2.12. The zero-order valence-electron chi connectivity index (χ0n) is 14.5. The quantitative estimate of drug-likeness (QED) is 0.585. The Labute approximate surface area is 151 Å². The predicted molar refractivity (Wildman–Crippen MR) is 100.0 cm³/mol. The Bertz CT molecular complexity index is 1040. The summed E-state index contributed by atoms with van der Waals surface area (Å²) >= 11 is 0. The summed E-state index contributed by atoms with van der Waals surface area (Å²) in [5.74, 6) is 1.52. The molecule has 0 amide bonds. The molecule has 0 aliphatic carbocycles. The maximum Gasteiger partial charge on any atom is 0.263 e. The molecule has 0 unspecified atom stereocenters. The Kier molecular flexibility index (Phi) is 4.15. The first kappa shape index (κ1) is 16.0. The first-order valence-electron chi connectivity index (χ1n) is 8.25. The van der Waals surface area contributed by atoms with E-state index in [2.05, 4.69) is 45.3 Å². The van der Waals surface area contributed by atoms with Gasteiger partial charge in [-0.15, -0.1) is 0 Å². The van der Waals surface area contributed by atoms with Gasteiger partial charge in [-0.1, -0.05) is 47.6 Å². The molecule has 2 aromatic heterocycles. The third-order valence-electron chi connectivity index (χ3n) is 4.26. The van der Waals surface area contributed by atoms with E-state index in [9.17, 15) is 0 Å². The molecule has 2 aromatic carbocycles. The lowest BCUT2D eigenvalue weighted by Crippen LogP contribution is -2.00. The molecule has 6 nitrogen and oxygen atoms in total. The summed E-state index contributed by atoms with van der Waals surface area (Å²) in [7, 11) is 0. The Hall–Kier alpha value is -3.54. The molecular weight excluding hydrogens is 326 g/mol. The largest absolute Gasteiger partial charge is 0.339 e. The molecule has 6 heteroatoms. The van der Waals surface area contributed by atoms with E-state index in [1.165, 1.54) is 11.9 Å². The Morgan fingerprint density at radius 2 is 1.81 bits per heavy atom. The molecule has 4 aromatic rings. The zero-order valence-corrected chi connectivity index (χ0v) is 14.5. The number of rotatable bonds is 4. The molecule has 0 saturated heterocycles. The van der Waals surface area contributed by atoms with Crippen molar-refractivity contribution in [3.8, 4) is 22.8 Å². The van der Waals surface area contributed by atoms with Crippen LogP contribution >= 0.6 is 0 Å². The minimum absolute atomic E-state index is 0.372. The van der Waals surface area contributed by atoms with Crippen molar-refractivity contribution < 1.29 is 4.52 Å². The lowest BCUT2D eigenvalue weighted by molar-refractivity contribution is 0.432. The van der Waals surface area contributed by atoms with Crippen LogP contribution in [0.25, 0.3) is 22.8 Å². The van der Waals surface area contributed by atoms with Gasteiger partial charge in [0, 0.05) is 17.4 Å². The van der Waals surface area contributed by atoms with Crippen LogP contribution in [0, 0.1) is 13.8 Å². The van der Waals surface area contributed by atoms with Crippen LogP contribution in [0.1, 0.15) is 11.1 Å². The highest BCUT2D eigenvalue weighted by molar-refractivity contribution is 5.74. The van der Waals surface area contributed by atoms with E-state index in [1.807, 2.05) is 42.5 Å². The molecule has 0 radical (unpaired) electrons. The number of anilines is 2. The van der Waals surface area contributed by atoms with Crippen LogP contribution in [0.2, 0.25) is 0 Å². The summed E-state index contributed by atoms with van der Waals surface area (Å²) in [5, 5.41) is 7.42. The van der Waals surface area contributed by atoms with Gasteiger partial charge in [0.15, 0.2) is 0 Å². The highest BCUT2D eigenvalue weighted by Crippen LogP contribution is 2.29. The summed E-state index contributed by atoms with van der Waals surface area (Å²) < 4.78 is 5.46. The second kappa shape index (κ2) is 6.76. The molecule has 0 bridgehead atoms. The van der Waals surface area contributed by atoms with Gasteiger partial charge >= 0.3 is 0 Å². The van der Waals surface area contributed by atoms with Gasteiger partial charge < -0.3 is 9.84 Å². The molecular formula is C20H17N5O. The highest BCUT2D eigenvalue weighted by Gasteiger charge is 2.16. The number of nitrogens with one attached hydrogen (secondary N) is 1.